The third kappa shape index (κ3) is 3.92. The molecule has 0 bridgehead atoms. The third-order valence-corrected chi connectivity index (χ3v) is 7.43. The van der Waals surface area contributed by atoms with E-state index in [9.17, 15) is 13.2 Å². The zero-order valence-corrected chi connectivity index (χ0v) is 16.5. The van der Waals surface area contributed by atoms with Crippen LogP contribution < -0.4 is 5.32 Å². The first-order valence-electron chi connectivity index (χ1n) is 8.46. The third-order valence-electron chi connectivity index (χ3n) is 4.39. The summed E-state index contributed by atoms with van der Waals surface area (Å²) in [5.41, 5.74) is 1.01. The average Bonchev–Trinajstić information content (AvgIpc) is 3.15. The van der Waals surface area contributed by atoms with Gasteiger partial charge in [-0.15, -0.1) is 11.3 Å². The van der Waals surface area contributed by atoms with Crippen molar-refractivity contribution in [2.24, 2.45) is 0 Å². The second-order valence-electron chi connectivity index (χ2n) is 6.25. The van der Waals surface area contributed by atoms with Crippen LogP contribution in [0.15, 0.2) is 22.4 Å². The van der Waals surface area contributed by atoms with Crippen LogP contribution in [0.25, 0.3) is 0 Å². The summed E-state index contributed by atoms with van der Waals surface area (Å²) in [5, 5.41) is 11.6. The molecule has 0 radical (unpaired) electrons. The normalized spacial score (nSPS) is 16.5. The molecule has 2 amide bonds. The van der Waals surface area contributed by atoms with E-state index in [0.29, 0.717) is 44.0 Å². The van der Waals surface area contributed by atoms with Gasteiger partial charge in [-0.1, -0.05) is 6.07 Å². The van der Waals surface area contributed by atoms with Crippen LogP contribution in [0.2, 0.25) is 0 Å². The number of amides is 2. The van der Waals surface area contributed by atoms with Crippen LogP contribution in [0.5, 0.6) is 0 Å². The molecule has 1 fully saturated rings. The van der Waals surface area contributed by atoms with Gasteiger partial charge in [-0.3, -0.25) is 5.10 Å². The fourth-order valence-electron chi connectivity index (χ4n) is 3.07. The Hall–Kier alpha value is -1.91. The average molecular weight is 398 g/mol. The monoisotopic (exact) mass is 397 g/mol. The zero-order chi connectivity index (χ0) is 18.7. The predicted octanol–water partition coefficient (Wildman–Crippen LogP) is 1.69. The highest BCUT2D eigenvalue weighted by Gasteiger charge is 2.31. The lowest BCUT2D eigenvalue weighted by Gasteiger charge is -2.22. The van der Waals surface area contributed by atoms with Crippen molar-refractivity contribution in [1.82, 2.24) is 24.7 Å². The number of nitrogens with zero attached hydrogens (tertiary/aromatic N) is 3. The van der Waals surface area contributed by atoms with Gasteiger partial charge in [-0.2, -0.15) is 9.40 Å². The Balaban J connectivity index is 1.63. The summed E-state index contributed by atoms with van der Waals surface area (Å²) < 4.78 is 27.3. The van der Waals surface area contributed by atoms with Crippen LogP contribution in [-0.4, -0.2) is 60.0 Å². The Morgan fingerprint density at radius 3 is 2.77 bits per heavy atom. The highest BCUT2D eigenvalue weighted by atomic mass is 32.2. The fraction of sp³-hybridized carbons (Fsp3) is 0.500. The van der Waals surface area contributed by atoms with E-state index in [1.807, 2.05) is 17.5 Å². The van der Waals surface area contributed by atoms with Crippen molar-refractivity contribution in [3.63, 3.8) is 0 Å². The van der Waals surface area contributed by atoms with Gasteiger partial charge < -0.3 is 10.2 Å². The number of rotatable bonds is 4. The number of urea groups is 1. The van der Waals surface area contributed by atoms with Gasteiger partial charge in [0, 0.05) is 31.1 Å². The second-order valence-corrected chi connectivity index (χ2v) is 9.15. The van der Waals surface area contributed by atoms with E-state index >= 15 is 0 Å². The number of nitrogens with one attached hydrogen (secondary N) is 2. The van der Waals surface area contributed by atoms with E-state index in [1.54, 1.807) is 30.1 Å². The van der Waals surface area contributed by atoms with Crippen LogP contribution >= 0.6 is 11.3 Å². The number of sulfonamides is 1. The number of carbonyl (C=O) groups excluding carboxylic acids is 1. The largest absolute Gasteiger partial charge is 0.333 e. The Bertz CT molecular complexity index is 841. The van der Waals surface area contributed by atoms with Gasteiger partial charge in [0.05, 0.1) is 17.9 Å². The standard InChI is InChI=1S/C16H23N5O3S2/c1-12-15(13(2)19-18-12)26(23,24)21-7-4-6-20(8-9-21)16(22)17-11-14-5-3-10-25-14/h3,5,10H,4,6-9,11H2,1-2H3,(H,17,22)(H,18,19). The lowest BCUT2D eigenvalue weighted by molar-refractivity contribution is 0.200. The van der Waals surface area contributed by atoms with Gasteiger partial charge >= 0.3 is 6.03 Å². The molecule has 142 valence electrons. The predicted molar refractivity (Wildman–Crippen MR) is 99.6 cm³/mol. The van der Waals surface area contributed by atoms with Crippen molar-refractivity contribution < 1.29 is 13.2 Å². The number of aromatic nitrogens is 2. The van der Waals surface area contributed by atoms with Crippen molar-refractivity contribution in [3.05, 3.63) is 33.8 Å². The van der Waals surface area contributed by atoms with Gasteiger partial charge in [0.15, 0.2) is 0 Å². The topological polar surface area (TPSA) is 98.4 Å². The molecule has 3 rings (SSSR count). The van der Waals surface area contributed by atoms with Crippen molar-refractivity contribution >= 4 is 27.4 Å². The number of aryl methyl sites for hydroxylation is 2. The number of thiophene rings is 1. The van der Waals surface area contributed by atoms with Gasteiger partial charge in [-0.05, 0) is 31.7 Å². The molecule has 0 aromatic carbocycles. The van der Waals surface area contributed by atoms with E-state index < -0.39 is 10.0 Å². The van der Waals surface area contributed by atoms with E-state index in [1.165, 1.54) is 4.31 Å². The summed E-state index contributed by atoms with van der Waals surface area (Å²) in [6.45, 7) is 5.44. The molecule has 8 nitrogen and oxygen atoms in total. The first-order valence-corrected chi connectivity index (χ1v) is 10.8. The Morgan fingerprint density at radius 1 is 1.31 bits per heavy atom. The summed E-state index contributed by atoms with van der Waals surface area (Å²) in [6.07, 6.45) is 0.599. The van der Waals surface area contributed by atoms with Gasteiger partial charge in [0.1, 0.15) is 4.90 Å². The van der Waals surface area contributed by atoms with Crippen LogP contribution in [0.3, 0.4) is 0 Å². The molecular weight excluding hydrogens is 374 g/mol. The summed E-state index contributed by atoms with van der Waals surface area (Å²) in [5.74, 6) is 0. The van der Waals surface area contributed by atoms with Crippen molar-refractivity contribution in [2.45, 2.75) is 31.7 Å². The first kappa shape index (κ1) is 18.9. The van der Waals surface area contributed by atoms with Crippen molar-refractivity contribution in [2.75, 3.05) is 26.2 Å². The van der Waals surface area contributed by atoms with Crippen molar-refractivity contribution in [1.29, 1.82) is 0 Å². The molecule has 2 aromatic heterocycles. The summed E-state index contributed by atoms with van der Waals surface area (Å²) in [6, 6.07) is 3.76. The maximum absolute atomic E-state index is 12.9. The highest BCUT2D eigenvalue weighted by molar-refractivity contribution is 7.89. The van der Waals surface area contributed by atoms with Crippen LogP contribution in [0.1, 0.15) is 22.7 Å². The molecule has 0 spiro atoms. The van der Waals surface area contributed by atoms with Gasteiger partial charge in [0.2, 0.25) is 10.0 Å². The molecule has 0 unspecified atom stereocenters. The molecule has 26 heavy (non-hydrogen) atoms. The van der Waals surface area contributed by atoms with Gasteiger partial charge in [0.25, 0.3) is 0 Å². The molecule has 2 aromatic rings. The lowest BCUT2D eigenvalue weighted by Crippen LogP contribution is -2.42. The highest BCUT2D eigenvalue weighted by Crippen LogP contribution is 2.22. The van der Waals surface area contributed by atoms with E-state index in [-0.39, 0.29) is 17.5 Å². The van der Waals surface area contributed by atoms with Crippen LogP contribution in [0, 0.1) is 13.8 Å². The maximum Gasteiger partial charge on any atom is 0.317 e. The molecule has 1 aliphatic heterocycles. The van der Waals surface area contributed by atoms with Crippen LogP contribution in [-0.2, 0) is 16.6 Å². The zero-order valence-electron chi connectivity index (χ0n) is 14.9. The van der Waals surface area contributed by atoms with Crippen molar-refractivity contribution in [3.8, 4) is 0 Å². The van der Waals surface area contributed by atoms with E-state index in [4.69, 9.17) is 0 Å². The van der Waals surface area contributed by atoms with E-state index in [0.717, 1.165) is 4.88 Å². The van der Waals surface area contributed by atoms with Crippen LogP contribution in [0.4, 0.5) is 4.79 Å². The quantitative estimate of drug-likeness (QED) is 0.820. The Morgan fingerprint density at radius 2 is 2.12 bits per heavy atom. The number of aromatic amines is 1. The SMILES string of the molecule is Cc1n[nH]c(C)c1S(=O)(=O)N1CCCN(C(=O)NCc2cccs2)CC1. The minimum atomic E-state index is -3.62. The molecule has 10 heteroatoms. The molecule has 2 N–H and O–H groups in total. The smallest absolute Gasteiger partial charge is 0.317 e. The number of hydrogen-bond acceptors (Lipinski definition) is 5. The maximum atomic E-state index is 12.9. The molecule has 3 heterocycles. The summed E-state index contributed by atoms with van der Waals surface area (Å²) in [7, 11) is -3.62. The Kier molecular flexibility index (Phi) is 5.64. The molecule has 0 atom stereocenters. The molecular formula is C16H23N5O3S2. The summed E-state index contributed by atoms with van der Waals surface area (Å²) >= 11 is 1.59. The molecule has 1 saturated heterocycles. The van der Waals surface area contributed by atoms with Gasteiger partial charge in [-0.25, -0.2) is 13.2 Å². The molecule has 1 aliphatic rings. The number of hydrogen-bond donors (Lipinski definition) is 2. The lowest BCUT2D eigenvalue weighted by atomic mass is 10.4. The van der Waals surface area contributed by atoms with E-state index in [2.05, 4.69) is 15.5 Å². The minimum Gasteiger partial charge on any atom is -0.333 e. The minimum absolute atomic E-state index is 0.159. The Labute approximate surface area is 157 Å². The molecule has 0 aliphatic carbocycles. The summed E-state index contributed by atoms with van der Waals surface area (Å²) in [4.78, 5) is 15.4. The number of H-pyrrole nitrogens is 1. The molecule has 0 saturated carbocycles. The second kappa shape index (κ2) is 7.77. The fourth-order valence-corrected chi connectivity index (χ4v) is 5.52. The first-order chi connectivity index (χ1) is 12.4. The number of carbonyl (C=O) groups is 1.